The number of hydrogen-bond donors (Lipinski definition) is 0. The van der Waals surface area contributed by atoms with E-state index in [4.69, 9.17) is 14.2 Å². The molecular formula is C22H28O4. The topological polar surface area (TPSA) is 44.8 Å². The number of aldehydes is 1. The van der Waals surface area contributed by atoms with Gasteiger partial charge in [0, 0.05) is 11.1 Å². The number of benzene rings is 2. The Morgan fingerprint density at radius 2 is 1.69 bits per heavy atom. The molecule has 2 aromatic rings. The highest BCUT2D eigenvalue weighted by Crippen LogP contribution is 2.43. The van der Waals surface area contributed by atoms with E-state index in [9.17, 15) is 4.79 Å². The van der Waals surface area contributed by atoms with Crippen molar-refractivity contribution in [2.24, 2.45) is 0 Å². The first-order valence-electron chi connectivity index (χ1n) is 8.95. The summed E-state index contributed by atoms with van der Waals surface area (Å²) in [5, 5.41) is 0. The molecule has 0 saturated carbocycles. The number of hydrogen-bond acceptors (Lipinski definition) is 4. The quantitative estimate of drug-likeness (QED) is 0.609. The van der Waals surface area contributed by atoms with E-state index in [0.717, 1.165) is 24.0 Å². The van der Waals surface area contributed by atoms with Crippen LogP contribution in [0.3, 0.4) is 0 Å². The van der Waals surface area contributed by atoms with Gasteiger partial charge in [-0.25, -0.2) is 0 Å². The summed E-state index contributed by atoms with van der Waals surface area (Å²) in [6.45, 7) is 11.0. The first-order valence-corrected chi connectivity index (χ1v) is 8.95. The Labute approximate surface area is 156 Å². The van der Waals surface area contributed by atoms with E-state index in [-0.39, 0.29) is 5.41 Å². The van der Waals surface area contributed by atoms with E-state index in [2.05, 4.69) is 39.8 Å². The summed E-state index contributed by atoms with van der Waals surface area (Å²) in [5.41, 5.74) is 2.75. The van der Waals surface area contributed by atoms with Crippen LogP contribution in [0.2, 0.25) is 0 Å². The second-order valence-electron chi connectivity index (χ2n) is 7.14. The predicted molar refractivity (Wildman–Crippen MR) is 104 cm³/mol. The van der Waals surface area contributed by atoms with Gasteiger partial charge < -0.3 is 14.2 Å². The number of carbonyl (C=O) groups is 1. The molecule has 140 valence electrons. The second-order valence-corrected chi connectivity index (χ2v) is 7.14. The Hall–Kier alpha value is -2.49. The number of carbonyl (C=O) groups excluding carboxylic acids is 1. The van der Waals surface area contributed by atoms with E-state index in [1.807, 2.05) is 13.0 Å². The Kier molecular flexibility index (Phi) is 6.30. The number of aryl methyl sites for hydroxylation is 1. The third kappa shape index (κ3) is 4.37. The monoisotopic (exact) mass is 356 g/mol. The summed E-state index contributed by atoms with van der Waals surface area (Å²) in [4.78, 5) is 11.3. The van der Waals surface area contributed by atoms with Crippen LogP contribution in [0, 0.1) is 0 Å². The van der Waals surface area contributed by atoms with E-state index >= 15 is 0 Å². The highest BCUT2D eigenvalue weighted by atomic mass is 16.5. The first-order chi connectivity index (χ1) is 12.3. The molecule has 4 nitrogen and oxygen atoms in total. The Bertz CT molecular complexity index is 772. The minimum absolute atomic E-state index is 0.0847. The molecule has 26 heavy (non-hydrogen) atoms. The van der Waals surface area contributed by atoms with Gasteiger partial charge >= 0.3 is 0 Å². The fraction of sp³-hybridized carbons (Fsp3) is 0.409. The van der Waals surface area contributed by atoms with Crippen molar-refractivity contribution in [2.75, 3.05) is 13.7 Å². The standard InChI is InChI=1S/C22H28O4/c1-7-15-9-10-18(17(11-15)22(3,4)5)26-20-13-16(14-23)12-19(24-6)21(20)25-8-2/h9-14H,7-8H2,1-6H3. The predicted octanol–water partition coefficient (Wildman–Crippen LogP) is 5.56. The maximum atomic E-state index is 11.3. The van der Waals surface area contributed by atoms with Crippen LogP contribution in [0.25, 0.3) is 0 Å². The van der Waals surface area contributed by atoms with Crippen molar-refractivity contribution < 1.29 is 19.0 Å². The smallest absolute Gasteiger partial charge is 0.204 e. The normalized spacial score (nSPS) is 11.2. The van der Waals surface area contributed by atoms with Gasteiger partial charge in [0.05, 0.1) is 13.7 Å². The van der Waals surface area contributed by atoms with E-state index in [0.29, 0.717) is 29.4 Å². The molecule has 0 heterocycles. The van der Waals surface area contributed by atoms with Gasteiger partial charge in [-0.2, -0.15) is 0 Å². The van der Waals surface area contributed by atoms with Crippen LogP contribution in [0.5, 0.6) is 23.0 Å². The first kappa shape index (κ1) is 19.8. The van der Waals surface area contributed by atoms with Gasteiger partial charge in [0.1, 0.15) is 12.0 Å². The molecule has 0 amide bonds. The van der Waals surface area contributed by atoms with Crippen molar-refractivity contribution in [2.45, 2.75) is 46.5 Å². The minimum Gasteiger partial charge on any atom is -0.493 e. The maximum absolute atomic E-state index is 11.3. The van der Waals surface area contributed by atoms with E-state index < -0.39 is 0 Å². The molecule has 0 N–H and O–H groups in total. The summed E-state index contributed by atoms with van der Waals surface area (Å²) < 4.78 is 17.4. The van der Waals surface area contributed by atoms with E-state index in [1.54, 1.807) is 19.2 Å². The largest absolute Gasteiger partial charge is 0.493 e. The van der Waals surface area contributed by atoms with Crippen molar-refractivity contribution in [3.63, 3.8) is 0 Å². The highest BCUT2D eigenvalue weighted by molar-refractivity contribution is 5.78. The van der Waals surface area contributed by atoms with Crippen molar-refractivity contribution in [3.05, 3.63) is 47.0 Å². The molecule has 0 aliphatic heterocycles. The zero-order valence-electron chi connectivity index (χ0n) is 16.5. The van der Waals surface area contributed by atoms with Crippen LogP contribution < -0.4 is 14.2 Å². The van der Waals surface area contributed by atoms with Crippen LogP contribution in [0.4, 0.5) is 0 Å². The van der Waals surface area contributed by atoms with Crippen molar-refractivity contribution in [3.8, 4) is 23.0 Å². The highest BCUT2D eigenvalue weighted by Gasteiger charge is 2.22. The second kappa shape index (κ2) is 8.26. The average molecular weight is 356 g/mol. The molecule has 0 aliphatic rings. The molecule has 0 unspecified atom stereocenters. The molecule has 2 aromatic carbocycles. The van der Waals surface area contributed by atoms with Crippen LogP contribution in [0.15, 0.2) is 30.3 Å². The van der Waals surface area contributed by atoms with Crippen molar-refractivity contribution >= 4 is 6.29 Å². The zero-order valence-corrected chi connectivity index (χ0v) is 16.5. The molecule has 0 atom stereocenters. The molecule has 0 aromatic heterocycles. The lowest BCUT2D eigenvalue weighted by Crippen LogP contribution is -2.13. The molecule has 0 fully saturated rings. The fourth-order valence-corrected chi connectivity index (χ4v) is 2.77. The Balaban J connectivity index is 2.59. The molecule has 0 saturated heterocycles. The van der Waals surface area contributed by atoms with E-state index in [1.165, 1.54) is 5.56 Å². The molecule has 0 radical (unpaired) electrons. The van der Waals surface area contributed by atoms with Crippen LogP contribution in [-0.2, 0) is 11.8 Å². The van der Waals surface area contributed by atoms with Gasteiger partial charge in [-0.05, 0) is 42.5 Å². The third-order valence-corrected chi connectivity index (χ3v) is 4.17. The summed E-state index contributed by atoms with van der Waals surface area (Å²) in [6, 6.07) is 9.55. The van der Waals surface area contributed by atoms with Gasteiger partial charge in [-0.1, -0.05) is 39.8 Å². The van der Waals surface area contributed by atoms with Crippen LogP contribution in [0.1, 0.15) is 56.1 Å². The van der Waals surface area contributed by atoms with Gasteiger partial charge in [0.15, 0.2) is 11.5 Å². The number of ether oxygens (including phenoxy) is 3. The fourth-order valence-electron chi connectivity index (χ4n) is 2.77. The third-order valence-electron chi connectivity index (χ3n) is 4.17. The molecule has 4 heteroatoms. The van der Waals surface area contributed by atoms with Gasteiger partial charge in [-0.3, -0.25) is 4.79 Å². The summed E-state index contributed by atoms with van der Waals surface area (Å²) >= 11 is 0. The summed E-state index contributed by atoms with van der Waals surface area (Å²) in [5.74, 6) is 2.21. The maximum Gasteiger partial charge on any atom is 0.204 e. The van der Waals surface area contributed by atoms with Crippen molar-refractivity contribution in [1.29, 1.82) is 0 Å². The molecule has 0 spiro atoms. The van der Waals surface area contributed by atoms with Gasteiger partial charge in [-0.15, -0.1) is 0 Å². The summed E-state index contributed by atoms with van der Waals surface area (Å²) in [7, 11) is 1.55. The van der Waals surface area contributed by atoms with Crippen LogP contribution >= 0.6 is 0 Å². The Morgan fingerprint density at radius 3 is 2.23 bits per heavy atom. The van der Waals surface area contributed by atoms with Crippen molar-refractivity contribution in [1.82, 2.24) is 0 Å². The average Bonchev–Trinajstić information content (AvgIpc) is 2.62. The minimum atomic E-state index is -0.0847. The molecule has 0 aliphatic carbocycles. The lowest BCUT2D eigenvalue weighted by atomic mass is 9.85. The van der Waals surface area contributed by atoms with Gasteiger partial charge in [0.25, 0.3) is 0 Å². The lowest BCUT2D eigenvalue weighted by Gasteiger charge is -2.24. The molecular weight excluding hydrogens is 328 g/mol. The number of rotatable bonds is 7. The SMILES string of the molecule is CCOc1c(OC)cc(C=O)cc1Oc1ccc(CC)cc1C(C)(C)C. The zero-order chi connectivity index (χ0) is 19.3. The molecule has 2 rings (SSSR count). The lowest BCUT2D eigenvalue weighted by molar-refractivity contribution is 0.112. The summed E-state index contributed by atoms with van der Waals surface area (Å²) in [6.07, 6.45) is 1.73. The van der Waals surface area contributed by atoms with Gasteiger partial charge in [0.2, 0.25) is 5.75 Å². The number of methoxy groups -OCH3 is 1. The van der Waals surface area contributed by atoms with Crippen LogP contribution in [-0.4, -0.2) is 20.0 Å². The molecule has 0 bridgehead atoms. The Morgan fingerprint density at radius 1 is 1.00 bits per heavy atom.